The van der Waals surface area contributed by atoms with E-state index in [0.717, 1.165) is 16.6 Å². The minimum atomic E-state index is -0.142. The maximum atomic E-state index is 12.5. The molecule has 110 valence electrons. The lowest BCUT2D eigenvalue weighted by atomic mass is 10.0. The van der Waals surface area contributed by atoms with Crippen LogP contribution in [0.4, 0.5) is 0 Å². The van der Waals surface area contributed by atoms with E-state index in [1.54, 1.807) is 0 Å². The van der Waals surface area contributed by atoms with Crippen molar-refractivity contribution in [1.29, 1.82) is 0 Å². The van der Waals surface area contributed by atoms with Gasteiger partial charge in [-0.2, -0.15) is 0 Å². The Kier molecular flexibility index (Phi) is 5.32. The number of hydrogen-bond donors (Lipinski definition) is 0. The lowest BCUT2D eigenvalue weighted by Crippen LogP contribution is -2.35. The number of aryl methyl sites for hydroxylation is 1. The second-order valence-corrected chi connectivity index (χ2v) is 6.36. The van der Waals surface area contributed by atoms with Gasteiger partial charge in [0, 0.05) is 16.6 Å². The van der Waals surface area contributed by atoms with Crippen LogP contribution in [0.25, 0.3) is 0 Å². The molecule has 0 N–H and O–H groups in total. The van der Waals surface area contributed by atoms with E-state index in [2.05, 4.69) is 33.0 Å². The van der Waals surface area contributed by atoms with E-state index < -0.39 is 0 Å². The van der Waals surface area contributed by atoms with Crippen LogP contribution in [0.2, 0.25) is 0 Å². The Labute approximate surface area is 134 Å². The van der Waals surface area contributed by atoms with Gasteiger partial charge in [-0.1, -0.05) is 57.9 Å². The van der Waals surface area contributed by atoms with Gasteiger partial charge < -0.3 is 0 Å². The lowest BCUT2D eigenvalue weighted by Gasteiger charge is -2.23. The fraction of sp³-hybridized carbons (Fsp3) is 0.278. The number of nitrogens with zero attached hydrogens (tertiary/aromatic N) is 1. The highest BCUT2D eigenvalue weighted by atomic mass is 79.9. The minimum absolute atomic E-state index is 0.142. The first-order chi connectivity index (χ1) is 9.97. The van der Waals surface area contributed by atoms with Gasteiger partial charge in [0.15, 0.2) is 5.78 Å². The third-order valence-corrected chi connectivity index (χ3v) is 4.25. The number of hydrogen-bond acceptors (Lipinski definition) is 2. The van der Waals surface area contributed by atoms with Crippen LogP contribution in [0.1, 0.15) is 28.4 Å². The average Bonchev–Trinajstić information content (AvgIpc) is 2.49. The molecular weight excluding hydrogens is 326 g/mol. The van der Waals surface area contributed by atoms with E-state index in [-0.39, 0.29) is 11.8 Å². The highest BCUT2D eigenvalue weighted by Crippen LogP contribution is 2.15. The molecule has 0 aliphatic heterocycles. The normalized spacial score (nSPS) is 12.4. The first kappa shape index (κ1) is 15.9. The van der Waals surface area contributed by atoms with Gasteiger partial charge in [-0.05, 0) is 38.6 Å². The van der Waals surface area contributed by atoms with Crippen LogP contribution in [0.15, 0.2) is 53.0 Å². The predicted octanol–water partition coefficient (Wildman–Crippen LogP) is 4.46. The topological polar surface area (TPSA) is 20.3 Å². The van der Waals surface area contributed by atoms with E-state index in [1.165, 1.54) is 11.1 Å². The van der Waals surface area contributed by atoms with Crippen molar-refractivity contribution in [2.45, 2.75) is 26.4 Å². The molecule has 0 bridgehead atoms. The number of ketones is 1. The fourth-order valence-corrected chi connectivity index (χ4v) is 2.44. The number of rotatable bonds is 5. The molecule has 0 saturated carbocycles. The molecule has 21 heavy (non-hydrogen) atoms. The SMILES string of the molecule is Cc1ccc(C(=O)C(C)N(C)Cc2ccc(Br)cc2)cc1. The molecule has 0 amide bonds. The number of likely N-dealkylation sites (N-methyl/N-ethyl adjacent to an activating group) is 1. The van der Waals surface area contributed by atoms with Gasteiger partial charge in [0.05, 0.1) is 6.04 Å². The van der Waals surface area contributed by atoms with Crippen LogP contribution in [-0.2, 0) is 6.54 Å². The Hall–Kier alpha value is -1.45. The molecule has 2 aromatic rings. The van der Waals surface area contributed by atoms with Gasteiger partial charge in [-0.15, -0.1) is 0 Å². The van der Waals surface area contributed by atoms with Gasteiger partial charge in [0.25, 0.3) is 0 Å². The monoisotopic (exact) mass is 345 g/mol. The Balaban J connectivity index is 2.04. The van der Waals surface area contributed by atoms with E-state index in [0.29, 0.717) is 0 Å². The van der Waals surface area contributed by atoms with Gasteiger partial charge in [0.2, 0.25) is 0 Å². The number of halogens is 1. The third-order valence-electron chi connectivity index (χ3n) is 3.72. The summed E-state index contributed by atoms with van der Waals surface area (Å²) in [4.78, 5) is 14.6. The average molecular weight is 346 g/mol. The molecule has 1 unspecified atom stereocenters. The van der Waals surface area contributed by atoms with Crippen LogP contribution < -0.4 is 0 Å². The third kappa shape index (κ3) is 4.26. The van der Waals surface area contributed by atoms with Crippen molar-refractivity contribution < 1.29 is 4.79 Å². The smallest absolute Gasteiger partial charge is 0.179 e. The molecule has 3 heteroatoms. The molecule has 0 spiro atoms. The van der Waals surface area contributed by atoms with Crippen LogP contribution in [0.3, 0.4) is 0 Å². The van der Waals surface area contributed by atoms with Crippen molar-refractivity contribution in [3.8, 4) is 0 Å². The first-order valence-electron chi connectivity index (χ1n) is 7.03. The summed E-state index contributed by atoms with van der Waals surface area (Å²) >= 11 is 3.43. The molecule has 2 rings (SSSR count). The van der Waals surface area contributed by atoms with Crippen molar-refractivity contribution in [2.75, 3.05) is 7.05 Å². The van der Waals surface area contributed by atoms with E-state index in [9.17, 15) is 4.79 Å². The maximum absolute atomic E-state index is 12.5. The van der Waals surface area contributed by atoms with Crippen LogP contribution in [-0.4, -0.2) is 23.8 Å². The van der Waals surface area contributed by atoms with Gasteiger partial charge in [-0.25, -0.2) is 0 Å². The van der Waals surface area contributed by atoms with Crippen LogP contribution >= 0.6 is 15.9 Å². The zero-order valence-corrected chi connectivity index (χ0v) is 14.2. The van der Waals surface area contributed by atoms with Gasteiger partial charge in [0.1, 0.15) is 0 Å². The fourth-order valence-electron chi connectivity index (χ4n) is 2.17. The zero-order valence-electron chi connectivity index (χ0n) is 12.6. The van der Waals surface area contributed by atoms with E-state index >= 15 is 0 Å². The second-order valence-electron chi connectivity index (χ2n) is 5.45. The molecule has 0 aliphatic carbocycles. The Bertz CT molecular complexity index is 604. The summed E-state index contributed by atoms with van der Waals surface area (Å²) in [6.07, 6.45) is 0. The summed E-state index contributed by atoms with van der Waals surface area (Å²) < 4.78 is 1.07. The van der Waals surface area contributed by atoms with Crippen molar-refractivity contribution in [3.63, 3.8) is 0 Å². The lowest BCUT2D eigenvalue weighted by molar-refractivity contribution is 0.0862. The maximum Gasteiger partial charge on any atom is 0.179 e. The molecule has 0 saturated heterocycles. The summed E-state index contributed by atoms with van der Waals surface area (Å²) in [5.41, 5.74) is 3.14. The molecule has 2 aromatic carbocycles. The largest absolute Gasteiger partial charge is 0.292 e. The number of carbonyl (C=O) groups is 1. The van der Waals surface area contributed by atoms with E-state index in [1.807, 2.05) is 57.3 Å². The molecule has 2 nitrogen and oxygen atoms in total. The van der Waals surface area contributed by atoms with Crippen LogP contribution in [0.5, 0.6) is 0 Å². The summed E-state index contributed by atoms with van der Waals surface area (Å²) in [5, 5.41) is 0. The molecule has 0 aliphatic rings. The van der Waals surface area contributed by atoms with Gasteiger partial charge in [-0.3, -0.25) is 9.69 Å². The van der Waals surface area contributed by atoms with Crippen molar-refractivity contribution >= 4 is 21.7 Å². The number of carbonyl (C=O) groups excluding carboxylic acids is 1. The Morgan fingerprint density at radius 2 is 1.67 bits per heavy atom. The van der Waals surface area contributed by atoms with Crippen molar-refractivity contribution in [1.82, 2.24) is 4.90 Å². The molecule has 0 fully saturated rings. The molecule has 0 radical (unpaired) electrons. The summed E-state index contributed by atoms with van der Waals surface area (Å²) in [6, 6.07) is 15.8. The Morgan fingerprint density at radius 3 is 2.24 bits per heavy atom. The predicted molar refractivity (Wildman–Crippen MR) is 90.6 cm³/mol. The van der Waals surface area contributed by atoms with Gasteiger partial charge >= 0.3 is 0 Å². The minimum Gasteiger partial charge on any atom is -0.292 e. The zero-order chi connectivity index (χ0) is 15.4. The molecular formula is C18H20BrNO. The summed E-state index contributed by atoms with van der Waals surface area (Å²) in [5.74, 6) is 0.162. The second kappa shape index (κ2) is 7.01. The Morgan fingerprint density at radius 1 is 1.10 bits per heavy atom. The highest BCUT2D eigenvalue weighted by Gasteiger charge is 2.19. The standard InChI is InChI=1S/C18H20BrNO/c1-13-4-8-16(9-5-13)18(21)14(2)20(3)12-15-6-10-17(19)11-7-15/h4-11,14H,12H2,1-3H3. The van der Waals surface area contributed by atoms with Crippen molar-refractivity contribution in [2.24, 2.45) is 0 Å². The number of benzene rings is 2. The molecule has 1 atom stereocenters. The molecule has 0 aromatic heterocycles. The summed E-state index contributed by atoms with van der Waals surface area (Å²) in [7, 11) is 1.98. The van der Waals surface area contributed by atoms with Crippen LogP contribution in [0, 0.1) is 6.92 Å². The quantitative estimate of drug-likeness (QED) is 0.745. The van der Waals surface area contributed by atoms with E-state index in [4.69, 9.17) is 0 Å². The molecule has 0 heterocycles. The summed E-state index contributed by atoms with van der Waals surface area (Å²) in [6.45, 7) is 4.74. The first-order valence-corrected chi connectivity index (χ1v) is 7.82. The number of Topliss-reactive ketones (excluding diaryl/α,β-unsaturated/α-hetero) is 1. The highest BCUT2D eigenvalue weighted by molar-refractivity contribution is 9.10. The van der Waals surface area contributed by atoms with Crippen molar-refractivity contribution in [3.05, 3.63) is 69.7 Å².